The van der Waals surface area contributed by atoms with Crippen LogP contribution in [0.5, 0.6) is 0 Å². The molecular formula is C25H25F8N5O5S2. The summed E-state index contributed by atoms with van der Waals surface area (Å²) in [6.07, 6.45) is -10.5. The molecule has 0 radical (unpaired) electrons. The molecule has 10 nitrogen and oxygen atoms in total. The van der Waals surface area contributed by atoms with E-state index < -0.39 is 104 Å². The molecule has 1 aromatic carbocycles. The van der Waals surface area contributed by atoms with E-state index in [-0.39, 0.29) is 23.1 Å². The molecule has 4 rings (SSSR count). The molecule has 0 bridgehead atoms. The quantitative estimate of drug-likeness (QED) is 0.272. The highest BCUT2D eigenvalue weighted by molar-refractivity contribution is 7.89. The van der Waals surface area contributed by atoms with Crippen LogP contribution in [0.15, 0.2) is 21.6 Å². The number of nitrogens with one attached hydrogen (secondary N) is 1. The lowest BCUT2D eigenvalue weighted by atomic mass is 10.0. The van der Waals surface area contributed by atoms with Gasteiger partial charge in [-0.25, -0.2) is 35.4 Å². The number of amides is 1. The van der Waals surface area contributed by atoms with Crippen molar-refractivity contribution in [2.45, 2.75) is 75.1 Å². The SMILES string of the molecule is CCC(NS(=O)(=O)c1ccc(-c2sc(-c3noc(CC(C)(C)O)n3)nc2C(=O)N2CCC(F)(F)C2)c(C(F)F)c1F)C(F)(F)F. The molecule has 1 saturated heterocycles. The Bertz CT molecular complexity index is 1690. The van der Waals surface area contributed by atoms with Crippen LogP contribution in [0.3, 0.4) is 0 Å². The van der Waals surface area contributed by atoms with Crippen LogP contribution in [-0.4, -0.2) is 76.3 Å². The first-order chi connectivity index (χ1) is 20.6. The van der Waals surface area contributed by atoms with Crippen molar-refractivity contribution < 1.29 is 58.0 Å². The van der Waals surface area contributed by atoms with Crippen molar-refractivity contribution in [1.29, 1.82) is 0 Å². The number of nitrogens with zero attached hydrogens (tertiary/aromatic N) is 4. The van der Waals surface area contributed by atoms with Crippen molar-refractivity contribution in [2.75, 3.05) is 13.1 Å². The Kier molecular flexibility index (Phi) is 9.37. The third-order valence-corrected chi connectivity index (χ3v) is 9.10. The molecule has 3 aromatic rings. The first kappa shape index (κ1) is 34.6. The minimum Gasteiger partial charge on any atom is -0.390 e. The maximum Gasteiger partial charge on any atom is 0.404 e. The highest BCUT2D eigenvalue weighted by atomic mass is 32.2. The highest BCUT2D eigenvalue weighted by Crippen LogP contribution is 2.43. The molecule has 1 atom stereocenters. The van der Waals surface area contributed by atoms with E-state index in [1.807, 2.05) is 0 Å². The van der Waals surface area contributed by atoms with Gasteiger partial charge in [-0.2, -0.15) is 22.9 Å². The number of hydrogen-bond donors (Lipinski definition) is 2. The predicted molar refractivity (Wildman–Crippen MR) is 142 cm³/mol. The van der Waals surface area contributed by atoms with E-state index >= 15 is 4.39 Å². The van der Waals surface area contributed by atoms with Gasteiger partial charge in [-0.05, 0) is 26.3 Å². The van der Waals surface area contributed by atoms with Crippen molar-refractivity contribution in [3.8, 4) is 21.3 Å². The number of likely N-dealkylation sites (tertiary alicyclic amines) is 1. The summed E-state index contributed by atoms with van der Waals surface area (Å²) in [4.78, 5) is 20.1. The van der Waals surface area contributed by atoms with Crippen molar-refractivity contribution in [1.82, 2.24) is 24.7 Å². The molecule has 2 aromatic heterocycles. The number of hydrogen-bond acceptors (Lipinski definition) is 9. The Labute approximate surface area is 254 Å². The number of carbonyl (C=O) groups is 1. The third-order valence-electron chi connectivity index (χ3n) is 6.53. The molecule has 20 heteroatoms. The summed E-state index contributed by atoms with van der Waals surface area (Å²) in [6.45, 7) is 2.40. The van der Waals surface area contributed by atoms with Crippen LogP contribution in [0.1, 0.15) is 62.0 Å². The lowest BCUT2D eigenvalue weighted by Gasteiger charge is -2.21. The van der Waals surface area contributed by atoms with E-state index in [9.17, 15) is 49.1 Å². The van der Waals surface area contributed by atoms with Gasteiger partial charge in [0.05, 0.1) is 29.0 Å². The Balaban J connectivity index is 1.87. The molecular weight excluding hydrogens is 666 g/mol. The standard InChI is InChI=1S/C25H25F8N5O5S2/c1-4-13(25(31,32)33)37-45(41,42)12-6-5-11(15(16(12)26)19(27)28)18-17(22(39)38-8-7-24(29,30)10-38)35-21(44-18)20-34-14(43-36-20)9-23(2,3)40/h5-6,13,19,37,40H,4,7-10H2,1-3H3. The summed E-state index contributed by atoms with van der Waals surface area (Å²) in [5.74, 6) is -6.90. The lowest BCUT2D eigenvalue weighted by molar-refractivity contribution is -0.151. The summed E-state index contributed by atoms with van der Waals surface area (Å²) in [5, 5.41) is 13.4. The first-order valence-corrected chi connectivity index (χ1v) is 15.4. The predicted octanol–water partition coefficient (Wildman–Crippen LogP) is 5.35. The molecule has 1 unspecified atom stereocenters. The molecule has 1 aliphatic rings. The van der Waals surface area contributed by atoms with Gasteiger partial charge in [-0.1, -0.05) is 18.1 Å². The Morgan fingerprint density at radius 1 is 1.22 bits per heavy atom. The average Bonchev–Trinajstić information content (AvgIpc) is 3.62. The fourth-order valence-corrected chi connectivity index (χ4v) is 6.83. The molecule has 0 saturated carbocycles. The van der Waals surface area contributed by atoms with Gasteiger partial charge in [0, 0.05) is 18.5 Å². The molecule has 0 aliphatic carbocycles. The monoisotopic (exact) mass is 691 g/mol. The third kappa shape index (κ3) is 7.60. The number of aliphatic hydroxyl groups is 1. The van der Waals surface area contributed by atoms with Crippen molar-refractivity contribution in [2.24, 2.45) is 0 Å². The molecule has 1 amide bonds. The smallest absolute Gasteiger partial charge is 0.390 e. The van der Waals surface area contributed by atoms with Crippen LogP contribution in [0, 0.1) is 5.82 Å². The van der Waals surface area contributed by atoms with Gasteiger partial charge in [0.1, 0.15) is 16.6 Å². The van der Waals surface area contributed by atoms with E-state index in [0.717, 1.165) is 6.92 Å². The van der Waals surface area contributed by atoms with Crippen LogP contribution < -0.4 is 4.72 Å². The van der Waals surface area contributed by atoms with Crippen LogP contribution in [0.25, 0.3) is 21.3 Å². The Hall–Kier alpha value is -3.23. The second kappa shape index (κ2) is 12.2. The van der Waals surface area contributed by atoms with Gasteiger partial charge in [-0.3, -0.25) is 4.79 Å². The summed E-state index contributed by atoms with van der Waals surface area (Å²) < 4.78 is 144. The van der Waals surface area contributed by atoms with Crippen molar-refractivity contribution in [3.63, 3.8) is 0 Å². The Morgan fingerprint density at radius 2 is 1.89 bits per heavy atom. The van der Waals surface area contributed by atoms with E-state index in [1.165, 1.54) is 18.6 Å². The van der Waals surface area contributed by atoms with Gasteiger partial charge in [0.15, 0.2) is 10.8 Å². The number of thiazole rings is 1. The zero-order chi connectivity index (χ0) is 33.7. The molecule has 45 heavy (non-hydrogen) atoms. The molecule has 1 aliphatic heterocycles. The van der Waals surface area contributed by atoms with Gasteiger partial charge in [-0.15, -0.1) is 11.3 Å². The van der Waals surface area contributed by atoms with Crippen LogP contribution in [-0.2, 0) is 16.4 Å². The summed E-state index contributed by atoms with van der Waals surface area (Å²) >= 11 is 0.448. The number of carbonyl (C=O) groups excluding carboxylic acids is 1. The first-order valence-electron chi connectivity index (χ1n) is 13.1. The van der Waals surface area contributed by atoms with Crippen LogP contribution in [0.4, 0.5) is 35.1 Å². The number of alkyl halides is 7. The molecule has 0 spiro atoms. The minimum absolute atomic E-state index is 0.0908. The highest BCUT2D eigenvalue weighted by Gasteiger charge is 2.44. The van der Waals surface area contributed by atoms with Gasteiger partial charge >= 0.3 is 6.18 Å². The number of aromatic nitrogens is 3. The second-order valence-corrected chi connectivity index (χ2v) is 13.5. The van der Waals surface area contributed by atoms with E-state index in [4.69, 9.17) is 4.52 Å². The van der Waals surface area contributed by atoms with E-state index in [0.29, 0.717) is 28.4 Å². The minimum atomic E-state index is -5.34. The van der Waals surface area contributed by atoms with E-state index in [2.05, 4.69) is 15.1 Å². The average molecular weight is 692 g/mol. The van der Waals surface area contributed by atoms with Crippen LogP contribution >= 0.6 is 11.3 Å². The van der Waals surface area contributed by atoms with Crippen molar-refractivity contribution >= 4 is 27.3 Å². The number of benzene rings is 1. The van der Waals surface area contributed by atoms with Crippen molar-refractivity contribution in [3.05, 3.63) is 35.1 Å². The molecule has 248 valence electrons. The molecule has 1 fully saturated rings. The van der Waals surface area contributed by atoms with Crippen LogP contribution in [0.2, 0.25) is 0 Å². The number of rotatable bonds is 10. The number of halogens is 8. The zero-order valence-corrected chi connectivity index (χ0v) is 25.2. The largest absolute Gasteiger partial charge is 0.404 e. The Morgan fingerprint density at radius 3 is 2.42 bits per heavy atom. The summed E-state index contributed by atoms with van der Waals surface area (Å²) in [5.41, 5.74) is -4.36. The zero-order valence-electron chi connectivity index (χ0n) is 23.6. The van der Waals surface area contributed by atoms with Gasteiger partial charge in [0.25, 0.3) is 18.3 Å². The second-order valence-electron chi connectivity index (χ2n) is 10.8. The topological polar surface area (TPSA) is 139 Å². The normalized spacial score (nSPS) is 16.5. The van der Waals surface area contributed by atoms with Gasteiger partial charge in [0.2, 0.25) is 21.7 Å². The maximum atomic E-state index is 15.6. The molecule has 2 N–H and O–H groups in total. The fourth-order valence-electron chi connectivity index (χ4n) is 4.41. The lowest BCUT2D eigenvalue weighted by Crippen LogP contribution is -2.45. The van der Waals surface area contributed by atoms with Gasteiger partial charge < -0.3 is 14.5 Å². The number of sulfonamides is 1. The maximum absolute atomic E-state index is 15.6. The summed E-state index contributed by atoms with van der Waals surface area (Å²) in [7, 11) is -5.34. The van der Waals surface area contributed by atoms with E-state index in [1.54, 1.807) is 0 Å². The molecule has 3 heterocycles. The fraction of sp³-hybridized carbons (Fsp3) is 0.520. The summed E-state index contributed by atoms with van der Waals surface area (Å²) in [6, 6.07) is -1.56.